The number of rotatable bonds is 5. The lowest BCUT2D eigenvalue weighted by atomic mass is 10.1. The van der Waals surface area contributed by atoms with E-state index in [0.29, 0.717) is 12.2 Å². The number of carbonyl (C=O) groups excluding carboxylic acids is 1. The minimum absolute atomic E-state index is 0.104. The van der Waals surface area contributed by atoms with Crippen molar-refractivity contribution in [3.63, 3.8) is 0 Å². The van der Waals surface area contributed by atoms with Gasteiger partial charge in [0.2, 0.25) is 0 Å². The number of amides is 1. The van der Waals surface area contributed by atoms with Crippen molar-refractivity contribution in [1.82, 2.24) is 10.3 Å². The molecule has 0 fully saturated rings. The third-order valence-corrected chi connectivity index (χ3v) is 3.34. The molecule has 0 aliphatic carbocycles. The van der Waals surface area contributed by atoms with Crippen LogP contribution in [0.4, 0.5) is 0 Å². The number of carbonyl (C=O) groups is 1. The molecule has 1 heterocycles. The molecule has 5 heteroatoms. The van der Waals surface area contributed by atoms with E-state index in [1.807, 2.05) is 24.3 Å². The molecule has 0 saturated heterocycles. The van der Waals surface area contributed by atoms with Gasteiger partial charge in [0.15, 0.2) is 0 Å². The molecule has 0 radical (unpaired) electrons. The molecule has 0 atom stereocenters. The van der Waals surface area contributed by atoms with Crippen molar-refractivity contribution in [2.24, 2.45) is 0 Å². The lowest BCUT2D eigenvalue weighted by Gasteiger charge is -2.03. The molecule has 0 unspecified atom stereocenters. The second-order valence-corrected chi connectivity index (χ2v) is 5.01. The van der Waals surface area contributed by atoms with E-state index in [9.17, 15) is 4.79 Å². The first kappa shape index (κ1) is 13.1. The Bertz CT molecular complexity index is 496. The zero-order valence-corrected chi connectivity index (χ0v) is 11.3. The van der Waals surface area contributed by atoms with E-state index in [1.165, 1.54) is 16.9 Å². The van der Waals surface area contributed by atoms with Crippen LogP contribution in [0.15, 0.2) is 35.2 Å². The number of aryl methyl sites for hydroxylation is 1. The Balaban J connectivity index is 1.70. The van der Waals surface area contributed by atoms with Gasteiger partial charge in [-0.25, -0.2) is 4.98 Å². The maximum atomic E-state index is 11.6. The van der Waals surface area contributed by atoms with Crippen LogP contribution in [-0.4, -0.2) is 17.4 Å². The summed E-state index contributed by atoms with van der Waals surface area (Å²) in [5, 5.41) is 5.34. The van der Waals surface area contributed by atoms with Crippen molar-refractivity contribution in [3.8, 4) is 0 Å². The van der Waals surface area contributed by atoms with Crippen molar-refractivity contribution in [3.05, 3.63) is 51.4 Å². The molecule has 94 valence electrons. The van der Waals surface area contributed by atoms with Crippen molar-refractivity contribution in [2.45, 2.75) is 12.8 Å². The quantitative estimate of drug-likeness (QED) is 0.855. The fourth-order valence-electron chi connectivity index (χ4n) is 1.56. The highest BCUT2D eigenvalue weighted by Crippen LogP contribution is 2.10. The normalized spacial score (nSPS) is 10.3. The Hall–Kier alpha value is -1.39. The van der Waals surface area contributed by atoms with Crippen LogP contribution in [-0.2, 0) is 6.42 Å². The zero-order valence-electron chi connectivity index (χ0n) is 9.73. The number of hydrogen-bond donors (Lipinski definition) is 1. The maximum absolute atomic E-state index is 11.6. The van der Waals surface area contributed by atoms with Gasteiger partial charge in [-0.1, -0.05) is 23.7 Å². The molecule has 2 rings (SSSR count). The van der Waals surface area contributed by atoms with Crippen LogP contribution < -0.4 is 5.32 Å². The molecule has 18 heavy (non-hydrogen) atoms. The van der Waals surface area contributed by atoms with Crippen molar-refractivity contribution < 1.29 is 4.79 Å². The van der Waals surface area contributed by atoms with Gasteiger partial charge in [-0.05, 0) is 30.5 Å². The molecule has 3 nitrogen and oxygen atoms in total. The molecule has 2 aromatic rings. The molecular weight excluding hydrogens is 268 g/mol. The van der Waals surface area contributed by atoms with Crippen molar-refractivity contribution in [1.29, 1.82) is 0 Å². The first-order chi connectivity index (χ1) is 8.75. The molecule has 0 aliphatic rings. The van der Waals surface area contributed by atoms with Gasteiger partial charge in [-0.15, -0.1) is 11.3 Å². The van der Waals surface area contributed by atoms with Gasteiger partial charge < -0.3 is 5.32 Å². The lowest BCUT2D eigenvalue weighted by Crippen LogP contribution is -2.24. The summed E-state index contributed by atoms with van der Waals surface area (Å²) in [6.07, 6.45) is 1.83. The predicted molar refractivity (Wildman–Crippen MR) is 74.2 cm³/mol. The first-order valence-corrected chi connectivity index (χ1v) is 6.98. The zero-order chi connectivity index (χ0) is 12.8. The van der Waals surface area contributed by atoms with Crippen LogP contribution >= 0.6 is 22.9 Å². The molecule has 0 bridgehead atoms. The fraction of sp³-hybridized carbons (Fsp3) is 0.231. The van der Waals surface area contributed by atoms with E-state index in [4.69, 9.17) is 11.6 Å². The Morgan fingerprint density at radius 3 is 2.78 bits per heavy atom. The highest BCUT2D eigenvalue weighted by atomic mass is 35.5. The van der Waals surface area contributed by atoms with Gasteiger partial charge in [0, 0.05) is 16.9 Å². The highest BCUT2D eigenvalue weighted by molar-refractivity contribution is 7.07. The van der Waals surface area contributed by atoms with Gasteiger partial charge >= 0.3 is 0 Å². The van der Waals surface area contributed by atoms with E-state index >= 15 is 0 Å². The smallest absolute Gasteiger partial charge is 0.270 e. The number of nitrogens with zero attached hydrogens (tertiary/aromatic N) is 1. The number of thiazole rings is 1. The number of halogens is 1. The number of nitrogens with one attached hydrogen (secondary N) is 1. The molecule has 1 aromatic carbocycles. The number of hydrogen-bond acceptors (Lipinski definition) is 3. The monoisotopic (exact) mass is 280 g/mol. The Labute approximate surface area is 115 Å². The summed E-state index contributed by atoms with van der Waals surface area (Å²) in [5.74, 6) is -0.104. The van der Waals surface area contributed by atoms with Gasteiger partial charge in [0.25, 0.3) is 5.91 Å². The molecule has 1 amide bonds. The Morgan fingerprint density at radius 1 is 1.33 bits per heavy atom. The summed E-state index contributed by atoms with van der Waals surface area (Å²) < 4.78 is 0. The van der Waals surface area contributed by atoms with Crippen LogP contribution in [0.25, 0.3) is 0 Å². The van der Waals surface area contributed by atoms with Gasteiger partial charge in [-0.2, -0.15) is 0 Å². The molecule has 1 aromatic heterocycles. The Kier molecular flexibility index (Phi) is 4.73. The van der Waals surface area contributed by atoms with Crippen molar-refractivity contribution in [2.75, 3.05) is 6.54 Å². The van der Waals surface area contributed by atoms with Crippen LogP contribution in [0.2, 0.25) is 5.02 Å². The molecular formula is C13H13ClN2OS. The second-order valence-electron chi connectivity index (χ2n) is 3.86. The van der Waals surface area contributed by atoms with E-state index in [1.54, 1.807) is 10.9 Å². The van der Waals surface area contributed by atoms with E-state index < -0.39 is 0 Å². The Morgan fingerprint density at radius 2 is 2.11 bits per heavy atom. The predicted octanol–water partition coefficient (Wildman–Crippen LogP) is 3.16. The summed E-state index contributed by atoms with van der Waals surface area (Å²) in [4.78, 5) is 15.5. The summed E-state index contributed by atoms with van der Waals surface area (Å²) >= 11 is 7.23. The van der Waals surface area contributed by atoms with Crippen LogP contribution in [0.3, 0.4) is 0 Å². The number of benzene rings is 1. The summed E-state index contributed by atoms with van der Waals surface area (Å²) in [6.45, 7) is 0.652. The van der Waals surface area contributed by atoms with E-state index in [-0.39, 0.29) is 5.91 Å². The fourth-order valence-corrected chi connectivity index (χ4v) is 2.22. The standard InChI is InChI=1S/C13H13ClN2OS/c14-11-5-3-10(4-6-11)2-1-7-15-13(17)12-8-18-9-16-12/h3-6,8-9H,1-2,7H2,(H,15,17). The van der Waals surface area contributed by atoms with Crippen molar-refractivity contribution >= 4 is 28.8 Å². The molecule has 0 aliphatic heterocycles. The summed E-state index contributed by atoms with van der Waals surface area (Å²) in [5.41, 5.74) is 3.37. The first-order valence-electron chi connectivity index (χ1n) is 5.66. The maximum Gasteiger partial charge on any atom is 0.270 e. The second kappa shape index (κ2) is 6.52. The minimum Gasteiger partial charge on any atom is -0.351 e. The lowest BCUT2D eigenvalue weighted by molar-refractivity contribution is 0.0949. The average molecular weight is 281 g/mol. The van der Waals surface area contributed by atoms with Crippen LogP contribution in [0, 0.1) is 0 Å². The molecule has 0 spiro atoms. The van der Waals surface area contributed by atoms with E-state index in [0.717, 1.165) is 17.9 Å². The third kappa shape index (κ3) is 3.82. The van der Waals surface area contributed by atoms with Crippen LogP contribution in [0.5, 0.6) is 0 Å². The molecule has 0 saturated carbocycles. The molecule has 1 N–H and O–H groups in total. The third-order valence-electron chi connectivity index (χ3n) is 2.51. The SMILES string of the molecule is O=C(NCCCc1ccc(Cl)cc1)c1cscn1. The topological polar surface area (TPSA) is 42.0 Å². The highest BCUT2D eigenvalue weighted by Gasteiger charge is 2.05. The summed E-state index contributed by atoms with van der Waals surface area (Å²) in [6, 6.07) is 7.77. The largest absolute Gasteiger partial charge is 0.351 e. The number of aromatic nitrogens is 1. The van der Waals surface area contributed by atoms with Gasteiger partial charge in [0.1, 0.15) is 5.69 Å². The minimum atomic E-state index is -0.104. The van der Waals surface area contributed by atoms with E-state index in [2.05, 4.69) is 10.3 Å². The average Bonchev–Trinajstić information content (AvgIpc) is 2.90. The summed E-state index contributed by atoms with van der Waals surface area (Å²) in [7, 11) is 0. The van der Waals surface area contributed by atoms with Gasteiger partial charge in [0.05, 0.1) is 5.51 Å². The van der Waals surface area contributed by atoms with Gasteiger partial charge in [-0.3, -0.25) is 4.79 Å². The van der Waals surface area contributed by atoms with Crippen LogP contribution in [0.1, 0.15) is 22.5 Å².